The molecule has 8 nitrogen and oxygen atoms in total. The standard InChI is InChI=1S/C11H12BrN3O5/c12-9-3-7(15(18)19)5-13-11(9)14-1-2-20-8(6-14)4-10(16)17/h3,5,8H,1-2,4,6H2,(H,16,17). The fourth-order valence-corrected chi connectivity index (χ4v) is 2.57. The van der Waals surface area contributed by atoms with Crippen LogP contribution in [0.25, 0.3) is 0 Å². The quantitative estimate of drug-likeness (QED) is 0.649. The highest BCUT2D eigenvalue weighted by Crippen LogP contribution is 2.28. The van der Waals surface area contributed by atoms with E-state index in [4.69, 9.17) is 9.84 Å². The van der Waals surface area contributed by atoms with E-state index in [0.29, 0.717) is 30.0 Å². The summed E-state index contributed by atoms with van der Waals surface area (Å²) in [5, 5.41) is 19.4. The van der Waals surface area contributed by atoms with Gasteiger partial charge >= 0.3 is 5.97 Å². The van der Waals surface area contributed by atoms with Crippen molar-refractivity contribution < 1.29 is 19.6 Å². The maximum Gasteiger partial charge on any atom is 0.306 e. The molecular formula is C11H12BrN3O5. The summed E-state index contributed by atoms with van der Waals surface area (Å²) in [6.45, 7) is 1.33. The number of nitro groups is 1. The van der Waals surface area contributed by atoms with E-state index in [1.807, 2.05) is 4.90 Å². The van der Waals surface area contributed by atoms with Crippen molar-refractivity contribution in [1.82, 2.24) is 4.98 Å². The highest BCUT2D eigenvalue weighted by molar-refractivity contribution is 9.10. The molecule has 0 bridgehead atoms. The number of aromatic nitrogens is 1. The molecule has 20 heavy (non-hydrogen) atoms. The van der Waals surface area contributed by atoms with Crippen LogP contribution in [0.15, 0.2) is 16.7 Å². The smallest absolute Gasteiger partial charge is 0.306 e. The highest BCUT2D eigenvalue weighted by atomic mass is 79.9. The first-order chi connectivity index (χ1) is 9.47. The van der Waals surface area contributed by atoms with Crippen molar-refractivity contribution in [3.8, 4) is 0 Å². The summed E-state index contributed by atoms with van der Waals surface area (Å²) in [5.74, 6) is -0.373. The van der Waals surface area contributed by atoms with Crippen molar-refractivity contribution in [3.05, 3.63) is 26.9 Å². The molecule has 1 saturated heterocycles. The molecule has 1 aliphatic rings. The van der Waals surface area contributed by atoms with E-state index in [0.717, 1.165) is 0 Å². The molecule has 1 N–H and O–H groups in total. The van der Waals surface area contributed by atoms with Crippen LogP contribution >= 0.6 is 15.9 Å². The fourth-order valence-electron chi connectivity index (χ4n) is 1.98. The number of morpholine rings is 1. The van der Waals surface area contributed by atoms with Crippen molar-refractivity contribution in [2.45, 2.75) is 12.5 Å². The van der Waals surface area contributed by atoms with Crippen molar-refractivity contribution in [2.75, 3.05) is 24.6 Å². The number of carboxylic acids is 1. The minimum atomic E-state index is -0.924. The molecule has 2 heterocycles. The van der Waals surface area contributed by atoms with Gasteiger partial charge in [-0.2, -0.15) is 0 Å². The van der Waals surface area contributed by atoms with E-state index in [-0.39, 0.29) is 12.1 Å². The molecule has 1 aromatic heterocycles. The van der Waals surface area contributed by atoms with Gasteiger partial charge in [0.2, 0.25) is 0 Å². The Labute approximate surface area is 122 Å². The summed E-state index contributed by atoms with van der Waals surface area (Å²) >= 11 is 3.26. The van der Waals surface area contributed by atoms with Gasteiger partial charge in [-0.15, -0.1) is 0 Å². The Balaban J connectivity index is 2.14. The normalized spacial score (nSPS) is 18.9. The monoisotopic (exact) mass is 345 g/mol. The van der Waals surface area contributed by atoms with Gasteiger partial charge in [0.05, 0.1) is 28.5 Å². The number of aliphatic carboxylic acids is 1. The third-order valence-corrected chi connectivity index (χ3v) is 3.44. The zero-order valence-electron chi connectivity index (χ0n) is 10.4. The van der Waals surface area contributed by atoms with Crippen molar-refractivity contribution in [1.29, 1.82) is 0 Å². The molecule has 108 valence electrons. The number of ether oxygens (including phenoxy) is 1. The molecule has 1 aliphatic heterocycles. The van der Waals surface area contributed by atoms with Gasteiger partial charge in [-0.25, -0.2) is 4.98 Å². The Bertz CT molecular complexity index is 539. The molecule has 1 unspecified atom stereocenters. The van der Waals surface area contributed by atoms with Gasteiger partial charge in [0, 0.05) is 19.2 Å². The number of carboxylic acid groups (broad SMARTS) is 1. The summed E-state index contributed by atoms with van der Waals surface area (Å²) < 4.78 is 5.87. The van der Waals surface area contributed by atoms with Crippen molar-refractivity contribution in [3.63, 3.8) is 0 Å². The summed E-state index contributed by atoms with van der Waals surface area (Å²) in [6.07, 6.45) is 0.688. The first-order valence-corrected chi connectivity index (χ1v) is 6.65. The number of pyridine rings is 1. The lowest BCUT2D eigenvalue weighted by atomic mass is 10.2. The number of rotatable bonds is 4. The largest absolute Gasteiger partial charge is 0.481 e. The highest BCUT2D eigenvalue weighted by Gasteiger charge is 2.25. The Morgan fingerprint density at radius 1 is 1.70 bits per heavy atom. The molecule has 9 heteroatoms. The molecule has 0 aromatic carbocycles. The van der Waals surface area contributed by atoms with Crippen molar-refractivity contribution >= 4 is 33.4 Å². The van der Waals surface area contributed by atoms with Gasteiger partial charge in [-0.3, -0.25) is 14.9 Å². The zero-order valence-corrected chi connectivity index (χ0v) is 11.9. The number of nitrogens with zero attached hydrogens (tertiary/aromatic N) is 3. The molecular weight excluding hydrogens is 334 g/mol. The van der Waals surface area contributed by atoms with Crippen LogP contribution in [-0.2, 0) is 9.53 Å². The molecule has 0 radical (unpaired) electrons. The van der Waals surface area contributed by atoms with E-state index in [9.17, 15) is 14.9 Å². The maximum absolute atomic E-state index is 10.7. The van der Waals surface area contributed by atoms with E-state index < -0.39 is 17.0 Å². The van der Waals surface area contributed by atoms with Crippen LogP contribution in [0.1, 0.15) is 6.42 Å². The third-order valence-electron chi connectivity index (χ3n) is 2.86. The van der Waals surface area contributed by atoms with Crippen LogP contribution in [0.4, 0.5) is 11.5 Å². The van der Waals surface area contributed by atoms with Gasteiger partial charge in [-0.1, -0.05) is 0 Å². The van der Waals surface area contributed by atoms with Gasteiger partial charge in [0.25, 0.3) is 5.69 Å². The Morgan fingerprint density at radius 2 is 2.45 bits per heavy atom. The van der Waals surface area contributed by atoms with Crippen LogP contribution in [0, 0.1) is 10.1 Å². The number of anilines is 1. The second-order valence-corrected chi connectivity index (χ2v) is 5.15. The minimum Gasteiger partial charge on any atom is -0.481 e. The predicted molar refractivity (Wildman–Crippen MR) is 72.8 cm³/mol. The van der Waals surface area contributed by atoms with Gasteiger partial charge in [0.1, 0.15) is 12.0 Å². The number of hydrogen-bond acceptors (Lipinski definition) is 6. The van der Waals surface area contributed by atoms with E-state index in [2.05, 4.69) is 20.9 Å². The van der Waals surface area contributed by atoms with Crippen molar-refractivity contribution in [2.24, 2.45) is 0 Å². The average molecular weight is 346 g/mol. The molecule has 0 amide bonds. The Morgan fingerprint density at radius 3 is 3.05 bits per heavy atom. The summed E-state index contributed by atoms with van der Waals surface area (Å²) in [4.78, 5) is 26.8. The first kappa shape index (κ1) is 14.7. The summed E-state index contributed by atoms with van der Waals surface area (Å²) in [7, 11) is 0. The summed E-state index contributed by atoms with van der Waals surface area (Å²) in [6, 6.07) is 1.38. The first-order valence-electron chi connectivity index (χ1n) is 5.85. The van der Waals surface area contributed by atoms with Gasteiger partial charge in [0.15, 0.2) is 0 Å². The van der Waals surface area contributed by atoms with Crippen LogP contribution in [0.2, 0.25) is 0 Å². The Hall–Kier alpha value is -1.74. The minimum absolute atomic E-state index is 0.0822. The topological polar surface area (TPSA) is 106 Å². The second-order valence-electron chi connectivity index (χ2n) is 4.29. The summed E-state index contributed by atoms with van der Waals surface area (Å²) in [5.41, 5.74) is -0.101. The average Bonchev–Trinajstić information content (AvgIpc) is 2.38. The lowest BCUT2D eigenvalue weighted by molar-refractivity contribution is -0.385. The predicted octanol–water partition coefficient (Wildman–Crippen LogP) is 1.43. The molecule has 1 atom stereocenters. The van der Waals surface area contributed by atoms with Crippen LogP contribution < -0.4 is 4.90 Å². The Kier molecular flexibility index (Phi) is 4.50. The molecule has 1 aromatic rings. The van der Waals surface area contributed by atoms with E-state index in [1.165, 1.54) is 12.3 Å². The molecule has 0 saturated carbocycles. The van der Waals surface area contributed by atoms with Crippen LogP contribution in [-0.4, -0.2) is 46.8 Å². The fraction of sp³-hybridized carbons (Fsp3) is 0.455. The molecule has 0 aliphatic carbocycles. The number of hydrogen-bond donors (Lipinski definition) is 1. The maximum atomic E-state index is 10.7. The van der Waals surface area contributed by atoms with Crippen LogP contribution in [0.5, 0.6) is 0 Å². The number of carbonyl (C=O) groups is 1. The van der Waals surface area contributed by atoms with E-state index >= 15 is 0 Å². The SMILES string of the molecule is O=C(O)CC1CN(c2ncc([N+](=O)[O-])cc2Br)CCO1. The lowest BCUT2D eigenvalue weighted by Gasteiger charge is -2.33. The van der Waals surface area contributed by atoms with E-state index in [1.54, 1.807) is 0 Å². The molecule has 2 rings (SSSR count). The van der Waals surface area contributed by atoms with Gasteiger partial charge in [-0.05, 0) is 15.9 Å². The molecule has 0 spiro atoms. The number of halogens is 1. The lowest BCUT2D eigenvalue weighted by Crippen LogP contribution is -2.43. The third kappa shape index (κ3) is 3.42. The molecule has 1 fully saturated rings. The second kappa shape index (κ2) is 6.14. The van der Waals surface area contributed by atoms with Gasteiger partial charge < -0.3 is 14.7 Å². The van der Waals surface area contributed by atoms with Crippen LogP contribution in [0.3, 0.4) is 0 Å². The zero-order chi connectivity index (χ0) is 14.7.